The quantitative estimate of drug-likeness (QED) is 0.592. The first-order valence-corrected chi connectivity index (χ1v) is 7.59. The first kappa shape index (κ1) is 13.7. The van der Waals surface area contributed by atoms with E-state index < -0.39 is 0 Å². The summed E-state index contributed by atoms with van der Waals surface area (Å²) in [6.07, 6.45) is 5.38. The fourth-order valence-corrected chi connectivity index (χ4v) is 3.11. The molecule has 0 unspecified atom stereocenters. The van der Waals surface area contributed by atoms with Crippen LogP contribution in [0.15, 0.2) is 54.6 Å². The molecular formula is C20H21N. The lowest BCUT2D eigenvalue weighted by Gasteiger charge is -2.13. The van der Waals surface area contributed by atoms with E-state index in [0.29, 0.717) is 0 Å². The van der Waals surface area contributed by atoms with E-state index in [1.165, 1.54) is 33.4 Å². The first-order valence-electron chi connectivity index (χ1n) is 7.59. The summed E-state index contributed by atoms with van der Waals surface area (Å²) in [5.74, 6) is 0. The van der Waals surface area contributed by atoms with Crippen LogP contribution in [0.1, 0.15) is 30.7 Å². The zero-order valence-corrected chi connectivity index (χ0v) is 12.9. The molecule has 0 amide bonds. The van der Waals surface area contributed by atoms with Crippen LogP contribution < -0.4 is 0 Å². The summed E-state index contributed by atoms with van der Waals surface area (Å²) in [5.41, 5.74) is 6.60. The Morgan fingerprint density at radius 3 is 2.43 bits per heavy atom. The van der Waals surface area contributed by atoms with Gasteiger partial charge in [-0.25, -0.2) is 0 Å². The van der Waals surface area contributed by atoms with Gasteiger partial charge in [0.15, 0.2) is 0 Å². The molecular weight excluding hydrogens is 254 g/mol. The highest BCUT2D eigenvalue weighted by Gasteiger charge is 2.15. The summed E-state index contributed by atoms with van der Waals surface area (Å²) < 4.78 is 2.42. The molecule has 0 aliphatic carbocycles. The van der Waals surface area contributed by atoms with E-state index in [2.05, 4.69) is 86.0 Å². The third-order valence-electron chi connectivity index (χ3n) is 4.04. The Morgan fingerprint density at radius 1 is 1.00 bits per heavy atom. The van der Waals surface area contributed by atoms with Crippen LogP contribution in [-0.2, 0) is 6.42 Å². The summed E-state index contributed by atoms with van der Waals surface area (Å²) >= 11 is 0. The molecule has 2 aromatic carbocycles. The van der Waals surface area contributed by atoms with Gasteiger partial charge >= 0.3 is 0 Å². The van der Waals surface area contributed by atoms with Crippen molar-refractivity contribution in [2.45, 2.75) is 27.2 Å². The van der Waals surface area contributed by atoms with E-state index in [-0.39, 0.29) is 0 Å². The molecule has 1 aromatic heterocycles. The van der Waals surface area contributed by atoms with Crippen LogP contribution in [-0.4, -0.2) is 4.57 Å². The molecule has 0 atom stereocenters. The minimum absolute atomic E-state index is 1.02. The van der Waals surface area contributed by atoms with Gasteiger partial charge in [-0.2, -0.15) is 0 Å². The minimum atomic E-state index is 1.02. The van der Waals surface area contributed by atoms with Crippen LogP contribution in [0.5, 0.6) is 0 Å². The summed E-state index contributed by atoms with van der Waals surface area (Å²) in [6, 6.07) is 17.3. The van der Waals surface area contributed by atoms with E-state index in [1.807, 2.05) is 0 Å². The molecule has 0 N–H and O–H groups in total. The van der Waals surface area contributed by atoms with E-state index in [0.717, 1.165) is 6.42 Å². The fraction of sp³-hybridized carbons (Fsp3) is 0.200. The molecule has 1 heterocycles. The number of nitrogens with zero attached hydrogens (tertiary/aromatic N) is 1. The highest BCUT2D eigenvalue weighted by Crippen LogP contribution is 2.32. The zero-order chi connectivity index (χ0) is 14.8. The summed E-state index contributed by atoms with van der Waals surface area (Å²) in [5, 5.41) is 1.33. The Hall–Kier alpha value is -2.28. The van der Waals surface area contributed by atoms with Crippen molar-refractivity contribution < 1.29 is 0 Å². The standard InChI is InChI=1S/C20H21N/c1-4-10-16-17-12-7-9-14-20(17)21(18(16)5-2)19-13-8-6-11-15(19)3/h4,6-14H,5H2,1-3H3/b10-4-. The Morgan fingerprint density at radius 2 is 1.71 bits per heavy atom. The third kappa shape index (κ3) is 2.19. The van der Waals surface area contributed by atoms with E-state index >= 15 is 0 Å². The Balaban J connectivity index is 2.44. The molecule has 3 rings (SSSR count). The van der Waals surface area contributed by atoms with Crippen molar-refractivity contribution in [3.63, 3.8) is 0 Å². The highest BCUT2D eigenvalue weighted by molar-refractivity contribution is 5.92. The average molecular weight is 275 g/mol. The molecule has 0 saturated heterocycles. The van der Waals surface area contributed by atoms with Gasteiger partial charge in [0.05, 0.1) is 5.52 Å². The van der Waals surface area contributed by atoms with Crippen LogP contribution in [0.3, 0.4) is 0 Å². The second-order valence-electron chi connectivity index (χ2n) is 5.35. The number of rotatable bonds is 3. The lowest BCUT2D eigenvalue weighted by Crippen LogP contribution is -2.01. The maximum atomic E-state index is 2.42. The second-order valence-corrected chi connectivity index (χ2v) is 5.35. The van der Waals surface area contributed by atoms with E-state index in [1.54, 1.807) is 0 Å². The number of hydrogen-bond acceptors (Lipinski definition) is 0. The smallest absolute Gasteiger partial charge is 0.0537 e. The largest absolute Gasteiger partial charge is 0.313 e. The zero-order valence-electron chi connectivity index (χ0n) is 12.9. The second kappa shape index (κ2) is 5.61. The molecule has 0 radical (unpaired) electrons. The molecule has 0 bridgehead atoms. The molecule has 1 nitrogen and oxygen atoms in total. The van der Waals surface area contributed by atoms with Crippen LogP contribution in [0, 0.1) is 6.92 Å². The van der Waals surface area contributed by atoms with Crippen LogP contribution in [0.2, 0.25) is 0 Å². The van der Waals surface area contributed by atoms with Crippen molar-refractivity contribution in [3.8, 4) is 5.69 Å². The summed E-state index contributed by atoms with van der Waals surface area (Å²) in [4.78, 5) is 0. The molecule has 0 aliphatic heterocycles. The number of aromatic nitrogens is 1. The monoisotopic (exact) mass is 275 g/mol. The van der Waals surface area contributed by atoms with Gasteiger partial charge in [0.2, 0.25) is 0 Å². The number of hydrogen-bond donors (Lipinski definition) is 0. The SMILES string of the molecule is C/C=C\c1c(CC)n(-c2ccccc2C)c2ccccc12. The van der Waals surface area contributed by atoms with Gasteiger partial charge in [0.25, 0.3) is 0 Å². The normalized spacial score (nSPS) is 11.6. The average Bonchev–Trinajstić information content (AvgIpc) is 2.82. The molecule has 21 heavy (non-hydrogen) atoms. The van der Waals surface area contributed by atoms with Gasteiger partial charge in [0.1, 0.15) is 0 Å². The molecule has 0 aliphatic rings. The topological polar surface area (TPSA) is 4.93 Å². The maximum Gasteiger partial charge on any atom is 0.0537 e. The summed E-state index contributed by atoms with van der Waals surface area (Å²) in [7, 11) is 0. The van der Waals surface area contributed by atoms with Crippen molar-refractivity contribution in [2.75, 3.05) is 0 Å². The highest BCUT2D eigenvalue weighted by atomic mass is 15.0. The van der Waals surface area contributed by atoms with Gasteiger partial charge in [0, 0.05) is 22.3 Å². The van der Waals surface area contributed by atoms with Crippen molar-refractivity contribution in [1.29, 1.82) is 0 Å². The molecule has 3 aromatic rings. The van der Waals surface area contributed by atoms with Crippen molar-refractivity contribution in [2.24, 2.45) is 0 Å². The lowest BCUT2D eigenvalue weighted by atomic mass is 10.1. The maximum absolute atomic E-state index is 2.42. The third-order valence-corrected chi connectivity index (χ3v) is 4.04. The molecule has 0 saturated carbocycles. The Bertz CT molecular complexity index is 806. The number of para-hydroxylation sites is 2. The van der Waals surface area contributed by atoms with Gasteiger partial charge in [-0.3, -0.25) is 0 Å². The Kier molecular flexibility index (Phi) is 3.66. The van der Waals surface area contributed by atoms with Gasteiger partial charge < -0.3 is 4.57 Å². The van der Waals surface area contributed by atoms with Gasteiger partial charge in [-0.15, -0.1) is 0 Å². The van der Waals surface area contributed by atoms with Crippen molar-refractivity contribution in [1.82, 2.24) is 4.57 Å². The van der Waals surface area contributed by atoms with Crippen LogP contribution in [0.4, 0.5) is 0 Å². The van der Waals surface area contributed by atoms with Crippen molar-refractivity contribution >= 4 is 17.0 Å². The number of allylic oxidation sites excluding steroid dienone is 1. The predicted octanol–water partition coefficient (Wildman–Crippen LogP) is 5.53. The molecule has 0 spiro atoms. The van der Waals surface area contributed by atoms with Crippen LogP contribution in [0.25, 0.3) is 22.7 Å². The predicted molar refractivity (Wildman–Crippen MR) is 92.1 cm³/mol. The van der Waals surface area contributed by atoms with Crippen LogP contribution >= 0.6 is 0 Å². The fourth-order valence-electron chi connectivity index (χ4n) is 3.11. The summed E-state index contributed by atoms with van der Waals surface area (Å²) in [6.45, 7) is 6.49. The van der Waals surface area contributed by atoms with Gasteiger partial charge in [-0.05, 0) is 38.0 Å². The molecule has 0 fully saturated rings. The van der Waals surface area contributed by atoms with Crippen molar-refractivity contribution in [3.05, 3.63) is 71.4 Å². The number of fused-ring (bicyclic) bond motifs is 1. The van der Waals surface area contributed by atoms with E-state index in [9.17, 15) is 0 Å². The molecule has 1 heteroatoms. The molecule has 106 valence electrons. The Labute approximate surface area is 126 Å². The number of benzene rings is 2. The van der Waals surface area contributed by atoms with E-state index in [4.69, 9.17) is 0 Å². The van der Waals surface area contributed by atoms with Gasteiger partial charge in [-0.1, -0.05) is 55.5 Å². The number of aryl methyl sites for hydroxylation is 1. The minimum Gasteiger partial charge on any atom is -0.313 e. The first-order chi connectivity index (χ1) is 10.3. The lowest BCUT2D eigenvalue weighted by molar-refractivity contribution is 0.950.